The third-order valence-electron chi connectivity index (χ3n) is 2.33. The summed E-state index contributed by atoms with van der Waals surface area (Å²) in [5.74, 6) is -0.643. The van der Waals surface area contributed by atoms with Crippen LogP contribution in [0.5, 0.6) is 0 Å². The molecular weight excluding hydrogens is 228 g/mol. The highest BCUT2D eigenvalue weighted by atomic mass is 19.1. The molecule has 0 aliphatic carbocycles. The van der Waals surface area contributed by atoms with Crippen LogP contribution in [0.25, 0.3) is 5.69 Å². The Bertz CT molecular complexity index is 537. The third-order valence-corrected chi connectivity index (χ3v) is 2.33. The van der Waals surface area contributed by atoms with Crippen molar-refractivity contribution in [3.8, 4) is 5.69 Å². The summed E-state index contributed by atoms with van der Waals surface area (Å²) in [5, 5.41) is 13.7. The fourth-order valence-corrected chi connectivity index (χ4v) is 1.46. The minimum absolute atomic E-state index is 0.00310. The van der Waals surface area contributed by atoms with Crippen molar-refractivity contribution in [2.75, 3.05) is 7.05 Å². The van der Waals surface area contributed by atoms with Crippen molar-refractivity contribution in [1.29, 1.82) is 0 Å². The van der Waals surface area contributed by atoms with E-state index in [9.17, 15) is 8.78 Å². The predicted molar refractivity (Wildman–Crippen MR) is 56.6 cm³/mol. The molecule has 0 amide bonds. The van der Waals surface area contributed by atoms with Gasteiger partial charge in [-0.25, -0.2) is 8.78 Å². The molecular formula is C10H11F2N5. The van der Waals surface area contributed by atoms with Gasteiger partial charge in [-0.2, -0.15) is 4.68 Å². The van der Waals surface area contributed by atoms with Gasteiger partial charge in [0.15, 0.2) is 5.82 Å². The molecule has 1 aromatic heterocycles. The summed E-state index contributed by atoms with van der Waals surface area (Å²) >= 11 is 0. The highest BCUT2D eigenvalue weighted by Crippen LogP contribution is 2.18. The van der Waals surface area contributed by atoms with E-state index < -0.39 is 11.6 Å². The van der Waals surface area contributed by atoms with E-state index in [1.165, 1.54) is 11.6 Å². The zero-order chi connectivity index (χ0) is 12.4. The number of tetrazole rings is 1. The summed E-state index contributed by atoms with van der Waals surface area (Å²) in [6.07, 6.45) is 0. The van der Waals surface area contributed by atoms with Gasteiger partial charge in [0.2, 0.25) is 0 Å². The van der Waals surface area contributed by atoms with Crippen LogP contribution in [0.1, 0.15) is 11.4 Å². The first-order chi connectivity index (χ1) is 8.13. The van der Waals surface area contributed by atoms with Gasteiger partial charge in [-0.15, -0.1) is 5.10 Å². The van der Waals surface area contributed by atoms with Crippen LogP contribution in [-0.4, -0.2) is 27.3 Å². The van der Waals surface area contributed by atoms with Crippen LogP contribution in [0, 0.1) is 18.6 Å². The second-order valence-corrected chi connectivity index (χ2v) is 3.59. The van der Waals surface area contributed by atoms with Crippen molar-refractivity contribution < 1.29 is 8.78 Å². The van der Waals surface area contributed by atoms with Gasteiger partial charge in [0, 0.05) is 6.07 Å². The van der Waals surface area contributed by atoms with Crippen LogP contribution in [0.2, 0.25) is 0 Å². The van der Waals surface area contributed by atoms with E-state index in [2.05, 4.69) is 20.8 Å². The van der Waals surface area contributed by atoms with Crippen molar-refractivity contribution in [2.24, 2.45) is 0 Å². The number of halogens is 2. The summed E-state index contributed by atoms with van der Waals surface area (Å²) < 4.78 is 28.3. The van der Waals surface area contributed by atoms with E-state index in [4.69, 9.17) is 0 Å². The molecule has 0 spiro atoms. The molecule has 2 rings (SSSR count). The molecule has 1 N–H and O–H groups in total. The monoisotopic (exact) mass is 239 g/mol. The molecule has 17 heavy (non-hydrogen) atoms. The van der Waals surface area contributed by atoms with E-state index in [1.807, 2.05) is 0 Å². The Kier molecular flexibility index (Phi) is 3.10. The van der Waals surface area contributed by atoms with Crippen LogP contribution in [0.15, 0.2) is 12.1 Å². The van der Waals surface area contributed by atoms with Crippen LogP contribution in [-0.2, 0) is 6.54 Å². The molecule has 5 nitrogen and oxygen atoms in total. The number of aryl methyl sites for hydroxylation is 1. The standard InChI is InChI=1S/C10H11F2N5/c1-6-3-8(12)9(4-7(6)11)17-10(5-13-2)14-15-16-17/h3-4,13H,5H2,1-2H3. The molecule has 0 aliphatic rings. The van der Waals surface area contributed by atoms with Gasteiger partial charge in [-0.1, -0.05) is 0 Å². The molecule has 0 aliphatic heterocycles. The summed E-state index contributed by atoms with van der Waals surface area (Å²) in [6.45, 7) is 1.86. The number of nitrogens with zero attached hydrogens (tertiary/aromatic N) is 4. The molecule has 0 saturated heterocycles. The maximum absolute atomic E-state index is 13.7. The summed E-state index contributed by atoms with van der Waals surface area (Å²) in [5.41, 5.74) is 0.248. The second-order valence-electron chi connectivity index (χ2n) is 3.59. The SMILES string of the molecule is CNCc1nnnn1-c1cc(F)c(C)cc1F. The molecule has 0 radical (unpaired) electrons. The highest BCUT2D eigenvalue weighted by Gasteiger charge is 2.14. The lowest BCUT2D eigenvalue weighted by atomic mass is 10.2. The van der Waals surface area contributed by atoms with Crippen molar-refractivity contribution in [3.63, 3.8) is 0 Å². The molecule has 0 unspecified atom stereocenters. The zero-order valence-corrected chi connectivity index (χ0v) is 9.41. The summed E-state index contributed by atoms with van der Waals surface area (Å²) in [6, 6.07) is 2.20. The Morgan fingerprint density at radius 3 is 2.76 bits per heavy atom. The fraction of sp³-hybridized carbons (Fsp3) is 0.300. The van der Waals surface area contributed by atoms with Crippen LogP contribution in [0.3, 0.4) is 0 Å². The van der Waals surface area contributed by atoms with Gasteiger partial charge in [0.1, 0.15) is 17.3 Å². The van der Waals surface area contributed by atoms with E-state index in [0.717, 1.165) is 12.1 Å². The minimum atomic E-state index is -0.562. The normalized spacial score (nSPS) is 10.8. The van der Waals surface area contributed by atoms with Gasteiger partial charge in [0.25, 0.3) is 0 Å². The topological polar surface area (TPSA) is 55.6 Å². The Balaban J connectivity index is 2.52. The first kappa shape index (κ1) is 11.6. The first-order valence-corrected chi connectivity index (χ1v) is 5.01. The fourth-order valence-electron chi connectivity index (χ4n) is 1.46. The lowest BCUT2D eigenvalue weighted by Crippen LogP contribution is -2.13. The average Bonchev–Trinajstić information content (AvgIpc) is 2.72. The van der Waals surface area contributed by atoms with Crippen LogP contribution >= 0.6 is 0 Å². The van der Waals surface area contributed by atoms with Gasteiger partial charge in [-0.05, 0) is 36.0 Å². The molecule has 1 aromatic carbocycles. The largest absolute Gasteiger partial charge is 0.313 e. The number of benzene rings is 1. The first-order valence-electron chi connectivity index (χ1n) is 5.01. The Morgan fingerprint density at radius 1 is 1.29 bits per heavy atom. The van der Waals surface area contributed by atoms with Crippen molar-refractivity contribution in [3.05, 3.63) is 35.2 Å². The summed E-state index contributed by atoms with van der Waals surface area (Å²) in [7, 11) is 1.71. The Morgan fingerprint density at radius 2 is 2.06 bits per heavy atom. The van der Waals surface area contributed by atoms with E-state index >= 15 is 0 Å². The minimum Gasteiger partial charge on any atom is -0.313 e. The van der Waals surface area contributed by atoms with Crippen molar-refractivity contribution >= 4 is 0 Å². The molecule has 0 bridgehead atoms. The van der Waals surface area contributed by atoms with Gasteiger partial charge in [0.05, 0.1) is 6.54 Å². The number of hydrogen-bond donors (Lipinski definition) is 1. The Labute approximate surface area is 96.4 Å². The average molecular weight is 239 g/mol. The quantitative estimate of drug-likeness (QED) is 0.867. The Hall–Kier alpha value is -1.89. The molecule has 0 saturated carbocycles. The van der Waals surface area contributed by atoms with Gasteiger partial charge in [-0.3, -0.25) is 0 Å². The molecule has 1 heterocycles. The lowest BCUT2D eigenvalue weighted by molar-refractivity contribution is 0.572. The second kappa shape index (κ2) is 4.54. The summed E-state index contributed by atoms with van der Waals surface area (Å²) in [4.78, 5) is 0. The van der Waals surface area contributed by atoms with Crippen LogP contribution < -0.4 is 5.32 Å². The van der Waals surface area contributed by atoms with E-state index in [-0.39, 0.29) is 11.3 Å². The molecule has 7 heteroatoms. The lowest BCUT2D eigenvalue weighted by Gasteiger charge is -2.06. The van der Waals surface area contributed by atoms with E-state index in [1.54, 1.807) is 7.05 Å². The smallest absolute Gasteiger partial charge is 0.170 e. The van der Waals surface area contributed by atoms with E-state index in [0.29, 0.717) is 12.4 Å². The van der Waals surface area contributed by atoms with Crippen molar-refractivity contribution in [1.82, 2.24) is 25.5 Å². The third kappa shape index (κ3) is 2.14. The maximum atomic E-state index is 13.7. The number of rotatable bonds is 3. The zero-order valence-electron chi connectivity index (χ0n) is 9.41. The highest BCUT2D eigenvalue weighted by molar-refractivity contribution is 5.36. The molecule has 90 valence electrons. The maximum Gasteiger partial charge on any atom is 0.170 e. The molecule has 0 fully saturated rings. The van der Waals surface area contributed by atoms with Crippen LogP contribution in [0.4, 0.5) is 8.78 Å². The van der Waals surface area contributed by atoms with Gasteiger partial charge >= 0.3 is 0 Å². The predicted octanol–water partition coefficient (Wildman–Crippen LogP) is 0.968. The van der Waals surface area contributed by atoms with Gasteiger partial charge < -0.3 is 5.32 Å². The number of hydrogen-bond acceptors (Lipinski definition) is 4. The molecule has 2 aromatic rings. The van der Waals surface area contributed by atoms with Crippen molar-refractivity contribution in [2.45, 2.75) is 13.5 Å². The number of aromatic nitrogens is 4. The molecule has 0 atom stereocenters. The number of nitrogens with one attached hydrogen (secondary N) is 1.